The van der Waals surface area contributed by atoms with E-state index in [9.17, 15) is 0 Å². The monoisotopic (exact) mass is 306 g/mol. The van der Waals surface area contributed by atoms with E-state index in [1.807, 2.05) is 0 Å². The molecule has 118 valence electrons. The molecule has 0 spiro atoms. The van der Waals surface area contributed by atoms with E-state index in [2.05, 4.69) is 26.8 Å². The number of fused-ring (bicyclic) bond motifs is 5. The summed E-state index contributed by atoms with van der Waals surface area (Å²) in [5.41, 5.74) is 2.86. The van der Waals surface area contributed by atoms with Crippen LogP contribution in [-0.4, -0.2) is 5.38 Å². The van der Waals surface area contributed by atoms with Crippen molar-refractivity contribution < 1.29 is 0 Å². The molecule has 7 unspecified atom stereocenters. The van der Waals surface area contributed by atoms with Gasteiger partial charge in [-0.2, -0.15) is 0 Å². The Morgan fingerprint density at radius 2 is 1.86 bits per heavy atom. The smallest absolute Gasteiger partial charge is 0.0373 e. The molecule has 0 aromatic heterocycles. The first-order valence-electron chi connectivity index (χ1n) is 9.29. The van der Waals surface area contributed by atoms with Gasteiger partial charge in [-0.3, -0.25) is 0 Å². The zero-order chi connectivity index (χ0) is 14.8. The highest BCUT2D eigenvalue weighted by Gasteiger charge is 2.57. The van der Waals surface area contributed by atoms with Crippen LogP contribution >= 0.6 is 11.6 Å². The zero-order valence-electron chi connectivity index (χ0n) is 14.0. The zero-order valence-corrected chi connectivity index (χ0v) is 14.8. The van der Waals surface area contributed by atoms with E-state index in [1.54, 1.807) is 5.57 Å². The van der Waals surface area contributed by atoms with Crippen LogP contribution in [0.5, 0.6) is 0 Å². The number of alkyl halides is 1. The van der Waals surface area contributed by atoms with Crippen molar-refractivity contribution >= 4 is 11.6 Å². The largest absolute Gasteiger partial charge is 0.123 e. The first-order chi connectivity index (χ1) is 9.95. The fourth-order valence-electron chi connectivity index (χ4n) is 6.88. The summed E-state index contributed by atoms with van der Waals surface area (Å²) in [6.07, 6.45) is 13.6. The summed E-state index contributed by atoms with van der Waals surface area (Å²) in [6, 6.07) is 0. The molecule has 0 heterocycles. The lowest BCUT2D eigenvalue weighted by Crippen LogP contribution is -2.49. The minimum Gasteiger partial charge on any atom is -0.123 e. The number of rotatable bonds is 0. The summed E-state index contributed by atoms with van der Waals surface area (Å²) in [5, 5.41) is 0.404. The highest BCUT2D eigenvalue weighted by molar-refractivity contribution is 6.20. The molecule has 3 saturated carbocycles. The maximum Gasteiger partial charge on any atom is 0.0373 e. The lowest BCUT2D eigenvalue weighted by molar-refractivity contribution is -0.0382. The Morgan fingerprint density at radius 1 is 1.05 bits per heavy atom. The van der Waals surface area contributed by atoms with Crippen LogP contribution in [0.1, 0.15) is 72.1 Å². The van der Waals surface area contributed by atoms with Gasteiger partial charge in [-0.05, 0) is 85.9 Å². The van der Waals surface area contributed by atoms with Crippen LogP contribution in [0.25, 0.3) is 0 Å². The molecule has 0 amide bonds. The quantitative estimate of drug-likeness (QED) is 0.369. The number of hydrogen-bond donors (Lipinski definition) is 0. The van der Waals surface area contributed by atoms with E-state index in [0.29, 0.717) is 16.2 Å². The summed E-state index contributed by atoms with van der Waals surface area (Å²) >= 11 is 6.46. The second-order valence-corrected chi connectivity index (χ2v) is 9.74. The van der Waals surface area contributed by atoms with Gasteiger partial charge in [0.15, 0.2) is 0 Å². The number of allylic oxidation sites excluding steroid dienone is 2. The van der Waals surface area contributed by atoms with Gasteiger partial charge >= 0.3 is 0 Å². The molecule has 4 rings (SSSR count). The van der Waals surface area contributed by atoms with Gasteiger partial charge in [0.25, 0.3) is 0 Å². The fourth-order valence-corrected chi connectivity index (χ4v) is 7.15. The van der Waals surface area contributed by atoms with Crippen molar-refractivity contribution in [2.75, 3.05) is 0 Å². The summed E-state index contributed by atoms with van der Waals surface area (Å²) in [6.45, 7) is 7.72. The minimum atomic E-state index is 0.404. The van der Waals surface area contributed by atoms with Crippen molar-refractivity contribution in [3.63, 3.8) is 0 Å². The van der Waals surface area contributed by atoms with Crippen LogP contribution in [0.4, 0.5) is 0 Å². The summed E-state index contributed by atoms with van der Waals surface area (Å²) in [7, 11) is 0. The van der Waals surface area contributed by atoms with Crippen molar-refractivity contribution in [2.24, 2.45) is 34.5 Å². The number of halogens is 1. The van der Waals surface area contributed by atoms with Gasteiger partial charge in [-0.25, -0.2) is 0 Å². The molecule has 0 saturated heterocycles. The second kappa shape index (κ2) is 4.76. The van der Waals surface area contributed by atoms with Crippen LogP contribution in [0.15, 0.2) is 11.6 Å². The summed E-state index contributed by atoms with van der Waals surface area (Å²) in [4.78, 5) is 0. The molecule has 0 aromatic carbocycles. The van der Waals surface area contributed by atoms with E-state index < -0.39 is 0 Å². The highest BCUT2D eigenvalue weighted by Crippen LogP contribution is 2.66. The van der Waals surface area contributed by atoms with Crippen LogP contribution in [0.3, 0.4) is 0 Å². The van der Waals surface area contributed by atoms with Gasteiger partial charge in [0.1, 0.15) is 0 Å². The van der Waals surface area contributed by atoms with Gasteiger partial charge in [0.2, 0.25) is 0 Å². The molecule has 7 atom stereocenters. The molecule has 0 aromatic rings. The molecule has 0 nitrogen and oxygen atoms in total. The highest BCUT2D eigenvalue weighted by atomic mass is 35.5. The predicted octanol–water partition coefficient (Wildman–Crippen LogP) is 6.19. The van der Waals surface area contributed by atoms with E-state index >= 15 is 0 Å². The maximum absolute atomic E-state index is 6.46. The van der Waals surface area contributed by atoms with Crippen LogP contribution in [0.2, 0.25) is 0 Å². The van der Waals surface area contributed by atoms with E-state index in [4.69, 9.17) is 11.6 Å². The third kappa shape index (κ3) is 1.93. The van der Waals surface area contributed by atoms with Crippen molar-refractivity contribution in [3.8, 4) is 0 Å². The van der Waals surface area contributed by atoms with Crippen LogP contribution in [-0.2, 0) is 0 Å². The molecule has 21 heavy (non-hydrogen) atoms. The Balaban J connectivity index is 1.68. The van der Waals surface area contributed by atoms with E-state index in [-0.39, 0.29) is 0 Å². The van der Waals surface area contributed by atoms with Crippen molar-refractivity contribution in [3.05, 3.63) is 11.6 Å². The van der Waals surface area contributed by atoms with Crippen LogP contribution in [0, 0.1) is 34.5 Å². The molecule has 4 aliphatic carbocycles. The molecular weight excluding hydrogens is 276 g/mol. The Bertz CT molecular complexity index is 466. The Hall–Kier alpha value is 0.0300. The van der Waals surface area contributed by atoms with Gasteiger partial charge < -0.3 is 0 Å². The molecule has 1 heteroatoms. The minimum absolute atomic E-state index is 0.404. The molecule has 0 bridgehead atoms. The van der Waals surface area contributed by atoms with E-state index in [0.717, 1.165) is 23.7 Å². The molecule has 3 fully saturated rings. The third-order valence-electron chi connectivity index (χ3n) is 8.52. The fraction of sp³-hybridized carbons (Fsp3) is 0.900. The lowest BCUT2D eigenvalue weighted by atomic mass is 9.47. The standard InChI is InChI=1S/C20H31Cl/c1-13-4-7-17-16-6-5-14-12-15(21)8-10-20(14,3)18(16)9-11-19(13,17)2/h5,13,15-18H,4,6-12H2,1-3H3. The van der Waals surface area contributed by atoms with Crippen molar-refractivity contribution in [1.82, 2.24) is 0 Å². The summed E-state index contributed by atoms with van der Waals surface area (Å²) in [5.74, 6) is 3.86. The van der Waals surface area contributed by atoms with E-state index in [1.165, 1.54) is 51.4 Å². The van der Waals surface area contributed by atoms with Gasteiger partial charge in [-0.1, -0.05) is 32.4 Å². The van der Waals surface area contributed by atoms with Crippen molar-refractivity contribution in [2.45, 2.75) is 77.5 Å². The normalized spacial score (nSPS) is 56.2. The Morgan fingerprint density at radius 3 is 2.67 bits per heavy atom. The lowest BCUT2D eigenvalue weighted by Gasteiger charge is -2.58. The van der Waals surface area contributed by atoms with Gasteiger partial charge in [0.05, 0.1) is 0 Å². The van der Waals surface area contributed by atoms with Gasteiger partial charge in [0, 0.05) is 5.38 Å². The Kier molecular flexibility index (Phi) is 3.31. The first-order valence-corrected chi connectivity index (χ1v) is 9.72. The predicted molar refractivity (Wildman–Crippen MR) is 90.5 cm³/mol. The summed E-state index contributed by atoms with van der Waals surface area (Å²) < 4.78 is 0. The topological polar surface area (TPSA) is 0 Å². The van der Waals surface area contributed by atoms with Crippen LogP contribution < -0.4 is 0 Å². The van der Waals surface area contributed by atoms with Gasteiger partial charge in [-0.15, -0.1) is 11.6 Å². The second-order valence-electron chi connectivity index (χ2n) is 9.12. The molecule has 0 N–H and O–H groups in total. The first kappa shape index (κ1) is 14.6. The SMILES string of the molecule is CC1CCC2C3CC=C4CC(Cl)CCC4(C)C3CCC12C. The molecular formula is C20H31Cl. The molecule has 0 aliphatic heterocycles. The average molecular weight is 307 g/mol. The molecule has 4 aliphatic rings. The third-order valence-corrected chi connectivity index (χ3v) is 8.89. The number of hydrogen-bond acceptors (Lipinski definition) is 0. The molecule has 0 radical (unpaired) electrons. The maximum atomic E-state index is 6.46. The van der Waals surface area contributed by atoms with Crippen molar-refractivity contribution in [1.29, 1.82) is 0 Å². The Labute approximate surface area is 135 Å². The average Bonchev–Trinajstić information content (AvgIpc) is 2.76.